The first-order chi connectivity index (χ1) is 6.25. The van der Waals surface area contributed by atoms with Crippen molar-refractivity contribution in [3.8, 4) is 0 Å². The lowest BCUT2D eigenvalue weighted by Gasteiger charge is -2.28. The van der Waals surface area contributed by atoms with Gasteiger partial charge in [0.1, 0.15) is 0 Å². The highest BCUT2D eigenvalue weighted by molar-refractivity contribution is 5.82. The van der Waals surface area contributed by atoms with E-state index in [1.807, 2.05) is 0 Å². The van der Waals surface area contributed by atoms with Crippen LogP contribution in [0.3, 0.4) is 0 Å². The van der Waals surface area contributed by atoms with Gasteiger partial charge >= 0.3 is 5.97 Å². The monoisotopic (exact) mass is 183 g/mol. The third-order valence-electron chi connectivity index (χ3n) is 1.97. The molecular weight excluding hydrogens is 174 g/mol. The predicted molar refractivity (Wildman–Crippen MR) is 41.2 cm³/mol. The summed E-state index contributed by atoms with van der Waals surface area (Å²) in [4.78, 5) is 16.2. The van der Waals surface area contributed by atoms with E-state index < -0.39 is 5.97 Å². The molecule has 0 aliphatic carbocycles. The normalized spacial score (nSPS) is 16.9. The zero-order valence-corrected chi connectivity index (χ0v) is 6.93. The molecule has 2 rings (SSSR count). The summed E-state index contributed by atoms with van der Waals surface area (Å²) in [7, 11) is 0. The molecule has 0 atom stereocenters. The molecule has 0 radical (unpaired) electrons. The second kappa shape index (κ2) is 3.14. The van der Waals surface area contributed by atoms with Crippen LogP contribution in [0.5, 0.6) is 0 Å². The van der Waals surface area contributed by atoms with Crippen LogP contribution in [0.4, 0.5) is 0 Å². The van der Waals surface area contributed by atoms with Crippen molar-refractivity contribution in [2.24, 2.45) is 0 Å². The molecule has 0 amide bonds. The molecule has 1 N–H and O–H groups in total. The Labute approximate surface area is 74.2 Å². The van der Waals surface area contributed by atoms with E-state index in [0.29, 0.717) is 12.4 Å². The molecule has 1 aliphatic heterocycles. The van der Waals surface area contributed by atoms with Crippen LogP contribution in [0.25, 0.3) is 0 Å². The summed E-state index contributed by atoms with van der Waals surface area (Å²) < 4.78 is 4.75. The summed E-state index contributed by atoms with van der Waals surface area (Å²) >= 11 is 0. The highest BCUT2D eigenvalue weighted by Gasteiger charge is 2.19. The maximum atomic E-state index is 10.4. The van der Waals surface area contributed by atoms with Gasteiger partial charge in [-0.05, 0) is 24.7 Å². The molecule has 2 heterocycles. The quantitative estimate of drug-likeness (QED) is 0.709. The Hall–Kier alpha value is -1.43. The zero-order valence-electron chi connectivity index (χ0n) is 6.93. The lowest BCUT2D eigenvalue weighted by Crippen LogP contribution is -2.36. The molecule has 1 aromatic heterocycles. The van der Waals surface area contributed by atoms with E-state index in [1.54, 1.807) is 0 Å². The standard InChI is InChI=1S/C7H9N3O3/c11-7(12)6-8-5(13-9-6)4-10-2-1-3-10/h1-4H2,(H,11,12). The average Bonchev–Trinajstić information content (AvgIpc) is 2.44. The SMILES string of the molecule is O=C(O)c1noc(CN2CCC2)n1. The minimum absolute atomic E-state index is 0.268. The highest BCUT2D eigenvalue weighted by Crippen LogP contribution is 2.10. The summed E-state index contributed by atoms with van der Waals surface area (Å²) in [5.74, 6) is -1.05. The van der Waals surface area contributed by atoms with Gasteiger partial charge in [-0.1, -0.05) is 0 Å². The molecule has 0 spiro atoms. The Kier molecular flexibility index (Phi) is 1.97. The minimum atomic E-state index is -1.15. The van der Waals surface area contributed by atoms with Crippen LogP contribution in [0.15, 0.2) is 4.52 Å². The first kappa shape index (κ1) is 8.18. The van der Waals surface area contributed by atoms with Crippen molar-refractivity contribution in [3.05, 3.63) is 11.7 Å². The third-order valence-corrected chi connectivity index (χ3v) is 1.97. The largest absolute Gasteiger partial charge is 0.475 e. The first-order valence-corrected chi connectivity index (χ1v) is 4.04. The summed E-state index contributed by atoms with van der Waals surface area (Å²) in [6.07, 6.45) is 1.18. The first-order valence-electron chi connectivity index (χ1n) is 4.04. The van der Waals surface area contributed by atoms with E-state index in [4.69, 9.17) is 9.63 Å². The van der Waals surface area contributed by atoms with Crippen LogP contribution >= 0.6 is 0 Å². The fourth-order valence-electron chi connectivity index (χ4n) is 1.14. The Morgan fingerprint density at radius 2 is 2.38 bits per heavy atom. The number of hydrogen-bond acceptors (Lipinski definition) is 5. The van der Waals surface area contributed by atoms with Crippen LogP contribution in [0.2, 0.25) is 0 Å². The van der Waals surface area contributed by atoms with E-state index in [9.17, 15) is 4.79 Å². The van der Waals surface area contributed by atoms with Gasteiger partial charge in [-0.15, -0.1) is 0 Å². The van der Waals surface area contributed by atoms with E-state index in [0.717, 1.165) is 13.1 Å². The number of rotatable bonds is 3. The molecule has 1 aliphatic rings. The molecule has 1 aromatic rings. The number of nitrogens with zero attached hydrogens (tertiary/aromatic N) is 3. The number of aromatic carboxylic acids is 1. The molecule has 0 aromatic carbocycles. The fraction of sp³-hybridized carbons (Fsp3) is 0.571. The Balaban J connectivity index is 2.00. The van der Waals surface area contributed by atoms with E-state index in [1.165, 1.54) is 6.42 Å². The second-order valence-electron chi connectivity index (χ2n) is 2.95. The molecule has 1 saturated heterocycles. The number of carboxylic acid groups (broad SMARTS) is 1. The molecule has 13 heavy (non-hydrogen) atoms. The van der Waals surface area contributed by atoms with Crippen LogP contribution < -0.4 is 0 Å². The number of carboxylic acids is 1. The van der Waals surface area contributed by atoms with Crippen molar-refractivity contribution in [1.29, 1.82) is 0 Å². The smallest absolute Gasteiger partial charge is 0.377 e. The number of likely N-dealkylation sites (tertiary alicyclic amines) is 1. The molecule has 1 fully saturated rings. The van der Waals surface area contributed by atoms with Gasteiger partial charge in [0.15, 0.2) is 0 Å². The molecule has 6 heteroatoms. The van der Waals surface area contributed by atoms with Gasteiger partial charge in [0.25, 0.3) is 5.82 Å². The molecular formula is C7H9N3O3. The summed E-state index contributed by atoms with van der Waals surface area (Å²) in [6, 6.07) is 0. The Morgan fingerprint density at radius 3 is 2.85 bits per heavy atom. The van der Waals surface area contributed by atoms with Crippen molar-refractivity contribution in [1.82, 2.24) is 15.0 Å². The van der Waals surface area contributed by atoms with Crippen LogP contribution in [0.1, 0.15) is 22.9 Å². The zero-order chi connectivity index (χ0) is 9.26. The van der Waals surface area contributed by atoms with Crippen molar-refractivity contribution in [2.75, 3.05) is 13.1 Å². The highest BCUT2D eigenvalue weighted by atomic mass is 16.5. The molecule has 70 valence electrons. The van der Waals surface area contributed by atoms with Gasteiger partial charge < -0.3 is 9.63 Å². The van der Waals surface area contributed by atoms with Crippen LogP contribution in [-0.4, -0.2) is 39.2 Å². The van der Waals surface area contributed by atoms with Crippen molar-refractivity contribution < 1.29 is 14.4 Å². The summed E-state index contributed by atoms with van der Waals surface area (Å²) in [5.41, 5.74) is 0. The molecule has 6 nitrogen and oxygen atoms in total. The maximum Gasteiger partial charge on any atom is 0.377 e. The number of carbonyl (C=O) groups is 1. The van der Waals surface area contributed by atoms with Gasteiger partial charge in [0, 0.05) is 0 Å². The van der Waals surface area contributed by atoms with Crippen molar-refractivity contribution >= 4 is 5.97 Å². The average molecular weight is 183 g/mol. The third kappa shape index (κ3) is 1.67. The molecule has 0 saturated carbocycles. The summed E-state index contributed by atoms with van der Waals surface area (Å²) in [5, 5.41) is 11.8. The lowest BCUT2D eigenvalue weighted by molar-refractivity contribution is 0.0680. The van der Waals surface area contributed by atoms with Crippen LogP contribution in [0, 0.1) is 0 Å². The molecule has 0 unspecified atom stereocenters. The van der Waals surface area contributed by atoms with E-state index in [2.05, 4.69) is 15.0 Å². The van der Waals surface area contributed by atoms with Gasteiger partial charge in [-0.3, -0.25) is 4.90 Å². The second-order valence-corrected chi connectivity index (χ2v) is 2.95. The lowest BCUT2D eigenvalue weighted by atomic mass is 10.2. The van der Waals surface area contributed by atoms with Gasteiger partial charge in [0.2, 0.25) is 5.89 Å². The maximum absolute atomic E-state index is 10.4. The molecule has 0 bridgehead atoms. The van der Waals surface area contributed by atoms with Crippen LogP contribution in [-0.2, 0) is 6.54 Å². The fourth-order valence-corrected chi connectivity index (χ4v) is 1.14. The number of hydrogen-bond donors (Lipinski definition) is 1. The topological polar surface area (TPSA) is 79.5 Å². The summed E-state index contributed by atoms with van der Waals surface area (Å²) in [6.45, 7) is 2.59. The number of aromatic nitrogens is 2. The van der Waals surface area contributed by atoms with Crippen molar-refractivity contribution in [2.45, 2.75) is 13.0 Å². The predicted octanol–water partition coefficient (Wildman–Crippen LogP) is -0.0265. The minimum Gasteiger partial charge on any atom is -0.475 e. The Morgan fingerprint density at radius 1 is 1.62 bits per heavy atom. The van der Waals surface area contributed by atoms with E-state index >= 15 is 0 Å². The van der Waals surface area contributed by atoms with Gasteiger partial charge in [0.05, 0.1) is 6.54 Å². The van der Waals surface area contributed by atoms with Gasteiger partial charge in [-0.2, -0.15) is 4.98 Å². The Bertz CT molecular complexity index is 319. The van der Waals surface area contributed by atoms with Crippen molar-refractivity contribution in [3.63, 3.8) is 0 Å². The van der Waals surface area contributed by atoms with Gasteiger partial charge in [-0.25, -0.2) is 4.79 Å². The van der Waals surface area contributed by atoms with E-state index in [-0.39, 0.29) is 5.82 Å².